The number of nitrogens with one attached hydrogen (secondary N) is 1. The Morgan fingerprint density at radius 2 is 1.63 bits per heavy atom. The Hall–Kier alpha value is -3.36. The van der Waals surface area contributed by atoms with E-state index in [1.165, 1.54) is 23.1 Å². The van der Waals surface area contributed by atoms with Crippen LogP contribution >= 0.6 is 11.6 Å². The maximum atomic E-state index is 13.8. The predicted molar refractivity (Wildman–Crippen MR) is 152 cm³/mol. The highest BCUT2D eigenvalue weighted by atomic mass is 35.5. The lowest BCUT2D eigenvalue weighted by atomic mass is 10.1. The maximum absolute atomic E-state index is 13.8. The van der Waals surface area contributed by atoms with Crippen molar-refractivity contribution in [3.8, 4) is 0 Å². The Kier molecular flexibility index (Phi) is 9.94. The molecule has 3 aromatic carbocycles. The Balaban J connectivity index is 2.03. The van der Waals surface area contributed by atoms with Gasteiger partial charge in [0.15, 0.2) is 0 Å². The zero-order valence-corrected chi connectivity index (χ0v) is 23.7. The van der Waals surface area contributed by atoms with Crippen LogP contribution in [0.25, 0.3) is 0 Å². The molecule has 3 aromatic rings. The molecule has 3 rings (SSSR count). The summed E-state index contributed by atoms with van der Waals surface area (Å²) in [4.78, 5) is 28.2. The highest BCUT2D eigenvalue weighted by Crippen LogP contribution is 2.28. The summed E-state index contributed by atoms with van der Waals surface area (Å²) in [6, 6.07) is 19.8. The van der Waals surface area contributed by atoms with E-state index in [0.717, 1.165) is 27.4 Å². The first-order valence-corrected chi connectivity index (χ1v) is 14.3. The van der Waals surface area contributed by atoms with Gasteiger partial charge in [-0.1, -0.05) is 72.6 Å². The molecule has 0 aliphatic carbocycles. The first-order valence-electron chi connectivity index (χ1n) is 12.5. The largest absolute Gasteiger partial charge is 0.354 e. The van der Waals surface area contributed by atoms with Crippen LogP contribution in [0.5, 0.6) is 0 Å². The summed E-state index contributed by atoms with van der Waals surface area (Å²) < 4.78 is 28.7. The summed E-state index contributed by atoms with van der Waals surface area (Å²) >= 11 is 6.35. The topological polar surface area (TPSA) is 86.8 Å². The second-order valence-electron chi connectivity index (χ2n) is 9.23. The van der Waals surface area contributed by atoms with Gasteiger partial charge in [0.25, 0.3) is 10.0 Å². The van der Waals surface area contributed by atoms with Crippen LogP contribution in [-0.2, 0) is 26.2 Å². The molecule has 0 aliphatic heterocycles. The van der Waals surface area contributed by atoms with Gasteiger partial charge in [0, 0.05) is 18.1 Å². The molecular weight excluding hydrogens is 522 g/mol. The van der Waals surface area contributed by atoms with Gasteiger partial charge in [-0.05, 0) is 62.6 Å². The smallest absolute Gasteiger partial charge is 0.264 e. The van der Waals surface area contributed by atoms with Gasteiger partial charge in [-0.2, -0.15) is 0 Å². The van der Waals surface area contributed by atoms with E-state index in [9.17, 15) is 18.0 Å². The van der Waals surface area contributed by atoms with Crippen molar-refractivity contribution >= 4 is 39.1 Å². The zero-order valence-electron chi connectivity index (χ0n) is 22.1. The van der Waals surface area contributed by atoms with Crippen LogP contribution in [-0.4, -0.2) is 44.3 Å². The molecule has 202 valence electrons. The van der Waals surface area contributed by atoms with Gasteiger partial charge in [-0.15, -0.1) is 0 Å². The lowest BCUT2D eigenvalue weighted by molar-refractivity contribution is -0.139. The molecule has 0 fully saturated rings. The van der Waals surface area contributed by atoms with Gasteiger partial charge in [0.1, 0.15) is 12.6 Å². The normalized spacial score (nSPS) is 12.0. The monoisotopic (exact) mass is 555 g/mol. The van der Waals surface area contributed by atoms with Gasteiger partial charge in [0.05, 0.1) is 10.6 Å². The van der Waals surface area contributed by atoms with Crippen molar-refractivity contribution in [1.29, 1.82) is 0 Å². The van der Waals surface area contributed by atoms with E-state index < -0.39 is 28.5 Å². The van der Waals surface area contributed by atoms with Crippen LogP contribution in [0.2, 0.25) is 5.02 Å². The number of sulfonamides is 1. The summed E-state index contributed by atoms with van der Waals surface area (Å²) in [5.41, 5.74) is 2.77. The van der Waals surface area contributed by atoms with Crippen molar-refractivity contribution < 1.29 is 18.0 Å². The number of nitrogens with zero attached hydrogens (tertiary/aromatic N) is 2. The number of aryl methyl sites for hydroxylation is 2. The first kappa shape index (κ1) is 29.2. The molecule has 0 aromatic heterocycles. The standard InChI is InChI=1S/C29H34ClN3O4S/c1-5-17-31-29(35)23(4)32(19-24-9-7-6-8-10-24)28(34)20-33(25-14-13-22(3)27(30)18-25)38(36,37)26-15-11-21(2)12-16-26/h6-16,18,23H,5,17,19-20H2,1-4H3,(H,31,35). The fraction of sp³-hybridized carbons (Fsp3) is 0.310. The molecule has 0 aliphatic rings. The van der Waals surface area contributed by atoms with E-state index in [4.69, 9.17) is 11.6 Å². The third-order valence-electron chi connectivity index (χ3n) is 6.24. The van der Waals surface area contributed by atoms with Crippen LogP contribution < -0.4 is 9.62 Å². The first-order chi connectivity index (χ1) is 18.0. The molecule has 0 saturated carbocycles. The fourth-order valence-corrected chi connectivity index (χ4v) is 5.44. The van der Waals surface area contributed by atoms with Crippen LogP contribution in [0.3, 0.4) is 0 Å². The summed E-state index contributed by atoms with van der Waals surface area (Å²) in [5, 5.41) is 3.21. The molecular formula is C29H34ClN3O4S. The second kappa shape index (κ2) is 12.9. The minimum atomic E-state index is -4.14. The van der Waals surface area contributed by atoms with Crippen molar-refractivity contribution in [2.24, 2.45) is 0 Å². The number of anilines is 1. The SMILES string of the molecule is CCCNC(=O)C(C)N(Cc1ccccc1)C(=O)CN(c1ccc(C)c(Cl)c1)S(=O)(=O)c1ccc(C)cc1. The molecule has 0 bridgehead atoms. The molecule has 0 radical (unpaired) electrons. The Morgan fingerprint density at radius 1 is 0.974 bits per heavy atom. The Labute approximate surface area is 230 Å². The molecule has 38 heavy (non-hydrogen) atoms. The number of hydrogen-bond acceptors (Lipinski definition) is 4. The van der Waals surface area contributed by atoms with E-state index in [1.807, 2.05) is 51.1 Å². The molecule has 0 saturated heterocycles. The average molecular weight is 556 g/mol. The van der Waals surface area contributed by atoms with Crippen molar-refractivity contribution in [3.05, 3.63) is 94.5 Å². The number of amides is 2. The second-order valence-corrected chi connectivity index (χ2v) is 11.5. The Bertz CT molecular complexity index is 1360. The highest BCUT2D eigenvalue weighted by molar-refractivity contribution is 7.92. The van der Waals surface area contributed by atoms with Gasteiger partial charge in [-0.3, -0.25) is 13.9 Å². The van der Waals surface area contributed by atoms with Crippen LogP contribution in [0.15, 0.2) is 77.7 Å². The minimum absolute atomic E-state index is 0.0518. The third-order valence-corrected chi connectivity index (χ3v) is 8.44. The van der Waals surface area contributed by atoms with Crippen molar-refractivity contribution in [1.82, 2.24) is 10.2 Å². The van der Waals surface area contributed by atoms with E-state index >= 15 is 0 Å². The summed E-state index contributed by atoms with van der Waals surface area (Å²) in [5.74, 6) is -0.817. The lowest BCUT2D eigenvalue weighted by Crippen LogP contribution is -2.51. The molecule has 2 amide bonds. The molecule has 7 nitrogen and oxygen atoms in total. The minimum Gasteiger partial charge on any atom is -0.354 e. The molecule has 9 heteroatoms. The number of halogens is 1. The van der Waals surface area contributed by atoms with Gasteiger partial charge in [-0.25, -0.2) is 8.42 Å². The van der Waals surface area contributed by atoms with Gasteiger partial charge in [0.2, 0.25) is 11.8 Å². The van der Waals surface area contributed by atoms with Crippen molar-refractivity contribution in [2.75, 3.05) is 17.4 Å². The van der Waals surface area contributed by atoms with E-state index in [-0.39, 0.29) is 23.0 Å². The molecule has 0 heterocycles. The number of hydrogen-bond donors (Lipinski definition) is 1. The number of benzene rings is 3. The number of carbonyl (C=O) groups is 2. The highest BCUT2D eigenvalue weighted by Gasteiger charge is 2.32. The van der Waals surface area contributed by atoms with Crippen LogP contribution in [0.4, 0.5) is 5.69 Å². The lowest BCUT2D eigenvalue weighted by Gasteiger charge is -2.32. The number of rotatable bonds is 11. The van der Waals surface area contributed by atoms with Gasteiger partial charge < -0.3 is 10.2 Å². The molecule has 1 atom stereocenters. The Morgan fingerprint density at radius 3 is 2.24 bits per heavy atom. The summed E-state index contributed by atoms with van der Waals surface area (Å²) in [7, 11) is -4.14. The van der Waals surface area contributed by atoms with Crippen LogP contribution in [0, 0.1) is 13.8 Å². The van der Waals surface area contributed by atoms with E-state index in [1.54, 1.807) is 31.2 Å². The van der Waals surface area contributed by atoms with Gasteiger partial charge >= 0.3 is 0 Å². The molecule has 0 spiro atoms. The summed E-state index contributed by atoms with van der Waals surface area (Å²) in [6.45, 7) is 7.39. The molecule has 1 N–H and O–H groups in total. The molecule has 1 unspecified atom stereocenters. The number of carbonyl (C=O) groups excluding carboxylic acids is 2. The van der Waals surface area contributed by atoms with Crippen molar-refractivity contribution in [2.45, 2.75) is 51.6 Å². The zero-order chi connectivity index (χ0) is 27.9. The average Bonchev–Trinajstić information content (AvgIpc) is 2.90. The third kappa shape index (κ3) is 7.14. The van der Waals surface area contributed by atoms with Crippen molar-refractivity contribution in [3.63, 3.8) is 0 Å². The summed E-state index contributed by atoms with van der Waals surface area (Å²) in [6.07, 6.45) is 0.752. The van der Waals surface area contributed by atoms with E-state index in [2.05, 4.69) is 5.32 Å². The fourth-order valence-electron chi connectivity index (χ4n) is 3.86. The predicted octanol–water partition coefficient (Wildman–Crippen LogP) is 5.10. The quantitative estimate of drug-likeness (QED) is 0.357. The maximum Gasteiger partial charge on any atom is 0.264 e. The van der Waals surface area contributed by atoms with E-state index in [0.29, 0.717) is 11.6 Å². The van der Waals surface area contributed by atoms with Crippen LogP contribution in [0.1, 0.15) is 37.0 Å².